The molecular formula is C22H18N2O. The average Bonchev–Trinajstić information content (AvgIpc) is 2.67. The molecule has 0 atom stereocenters. The first-order valence-corrected chi connectivity index (χ1v) is 7.99. The van der Waals surface area contributed by atoms with Crippen LogP contribution in [0.5, 0.6) is 5.75 Å². The summed E-state index contributed by atoms with van der Waals surface area (Å²) in [4.78, 5) is 8.77. The number of hydrogen-bond donors (Lipinski definition) is 0. The number of rotatable bonds is 5. The monoisotopic (exact) mass is 326 g/mol. The Bertz CT molecular complexity index is 907. The van der Waals surface area contributed by atoms with E-state index in [4.69, 9.17) is 11.2 Å². The Morgan fingerprint density at radius 2 is 1.84 bits per heavy atom. The van der Waals surface area contributed by atoms with Gasteiger partial charge < -0.3 is 4.74 Å². The van der Waals surface area contributed by atoms with Gasteiger partial charge in [0.15, 0.2) is 0 Å². The Hall–Kier alpha value is -3.38. The number of terminal acetylenes is 1. The Morgan fingerprint density at radius 3 is 2.56 bits per heavy atom. The molecule has 0 aliphatic rings. The SMILES string of the molecule is C#CCOc1ccc(-c2cc(/C(C)=C\c3ccccc3)ncn2)cc1. The summed E-state index contributed by atoms with van der Waals surface area (Å²) in [5.74, 6) is 3.20. The first-order valence-electron chi connectivity index (χ1n) is 7.99. The highest BCUT2D eigenvalue weighted by atomic mass is 16.5. The van der Waals surface area contributed by atoms with E-state index in [0.29, 0.717) is 0 Å². The van der Waals surface area contributed by atoms with Crippen LogP contribution in [0.25, 0.3) is 22.9 Å². The van der Waals surface area contributed by atoms with Gasteiger partial charge in [0.25, 0.3) is 0 Å². The van der Waals surface area contributed by atoms with E-state index in [2.05, 4.69) is 41.0 Å². The second kappa shape index (κ2) is 7.94. The van der Waals surface area contributed by atoms with E-state index in [9.17, 15) is 0 Å². The van der Waals surface area contributed by atoms with Crippen molar-refractivity contribution in [3.05, 3.63) is 78.2 Å². The predicted octanol–water partition coefficient (Wildman–Crippen LogP) is 4.72. The molecule has 3 aromatic rings. The lowest BCUT2D eigenvalue weighted by Crippen LogP contribution is -1.94. The van der Waals surface area contributed by atoms with Crippen LogP contribution in [0.3, 0.4) is 0 Å². The molecular weight excluding hydrogens is 308 g/mol. The molecule has 0 N–H and O–H groups in total. The van der Waals surface area contributed by atoms with Gasteiger partial charge in [-0.15, -0.1) is 6.42 Å². The van der Waals surface area contributed by atoms with E-state index < -0.39 is 0 Å². The van der Waals surface area contributed by atoms with Crippen molar-refractivity contribution in [2.24, 2.45) is 0 Å². The minimum absolute atomic E-state index is 0.264. The zero-order valence-electron chi connectivity index (χ0n) is 14.0. The van der Waals surface area contributed by atoms with Gasteiger partial charge in [0.05, 0.1) is 11.4 Å². The van der Waals surface area contributed by atoms with Gasteiger partial charge in [-0.25, -0.2) is 9.97 Å². The van der Waals surface area contributed by atoms with E-state index in [1.807, 2.05) is 48.5 Å². The summed E-state index contributed by atoms with van der Waals surface area (Å²) in [5.41, 5.74) is 5.01. The first-order chi connectivity index (χ1) is 12.3. The summed E-state index contributed by atoms with van der Waals surface area (Å²) in [5, 5.41) is 0. The third-order valence-corrected chi connectivity index (χ3v) is 3.73. The van der Waals surface area contributed by atoms with Gasteiger partial charge in [0.2, 0.25) is 0 Å². The first kappa shape index (κ1) is 16.5. The van der Waals surface area contributed by atoms with E-state index in [1.54, 1.807) is 6.33 Å². The highest BCUT2D eigenvalue weighted by Crippen LogP contribution is 2.23. The van der Waals surface area contributed by atoms with Crippen molar-refractivity contribution in [1.82, 2.24) is 9.97 Å². The van der Waals surface area contributed by atoms with Gasteiger partial charge in [-0.2, -0.15) is 0 Å². The summed E-state index contributed by atoms with van der Waals surface area (Å²) in [6.07, 6.45) is 8.91. The maximum Gasteiger partial charge on any atom is 0.148 e. The fourth-order valence-electron chi connectivity index (χ4n) is 2.45. The smallest absolute Gasteiger partial charge is 0.148 e. The molecule has 3 rings (SSSR count). The molecule has 0 saturated carbocycles. The summed E-state index contributed by atoms with van der Waals surface area (Å²) >= 11 is 0. The lowest BCUT2D eigenvalue weighted by atomic mass is 10.1. The van der Waals surface area contributed by atoms with Crippen molar-refractivity contribution in [3.8, 4) is 29.4 Å². The summed E-state index contributed by atoms with van der Waals surface area (Å²) in [7, 11) is 0. The van der Waals surface area contributed by atoms with Crippen LogP contribution in [0, 0.1) is 12.3 Å². The molecule has 0 radical (unpaired) electrons. The number of ether oxygens (including phenoxy) is 1. The van der Waals surface area contributed by atoms with Crippen LogP contribution in [-0.2, 0) is 0 Å². The second-order valence-corrected chi connectivity index (χ2v) is 5.54. The van der Waals surface area contributed by atoms with Crippen molar-refractivity contribution in [2.75, 3.05) is 6.61 Å². The Balaban J connectivity index is 1.84. The molecule has 2 aromatic carbocycles. The topological polar surface area (TPSA) is 35.0 Å². The minimum atomic E-state index is 0.264. The number of nitrogens with zero attached hydrogens (tertiary/aromatic N) is 2. The zero-order valence-corrected chi connectivity index (χ0v) is 14.0. The van der Waals surface area contributed by atoms with Gasteiger partial charge in [-0.3, -0.25) is 0 Å². The van der Waals surface area contributed by atoms with Gasteiger partial charge >= 0.3 is 0 Å². The van der Waals surface area contributed by atoms with Crippen molar-refractivity contribution >= 4 is 11.6 Å². The Labute approximate surface area is 148 Å². The Morgan fingerprint density at radius 1 is 1.08 bits per heavy atom. The van der Waals surface area contributed by atoms with Crippen molar-refractivity contribution in [2.45, 2.75) is 6.92 Å². The second-order valence-electron chi connectivity index (χ2n) is 5.54. The lowest BCUT2D eigenvalue weighted by molar-refractivity contribution is 0.370. The molecule has 122 valence electrons. The molecule has 25 heavy (non-hydrogen) atoms. The van der Waals surface area contributed by atoms with Gasteiger partial charge in [-0.05, 0) is 54.5 Å². The molecule has 0 aliphatic carbocycles. The average molecular weight is 326 g/mol. The maximum absolute atomic E-state index is 5.40. The van der Waals surface area contributed by atoms with Crippen LogP contribution in [-0.4, -0.2) is 16.6 Å². The molecule has 3 heteroatoms. The maximum atomic E-state index is 5.40. The quantitative estimate of drug-likeness (QED) is 0.637. The molecule has 1 heterocycles. The number of aromatic nitrogens is 2. The fourth-order valence-corrected chi connectivity index (χ4v) is 2.45. The molecule has 0 amide bonds. The highest BCUT2D eigenvalue weighted by Gasteiger charge is 2.04. The van der Waals surface area contributed by atoms with Gasteiger partial charge in [0.1, 0.15) is 18.7 Å². The van der Waals surface area contributed by atoms with Crippen LogP contribution >= 0.6 is 0 Å². The van der Waals surface area contributed by atoms with Crippen LogP contribution in [0.2, 0.25) is 0 Å². The molecule has 0 spiro atoms. The highest BCUT2D eigenvalue weighted by molar-refractivity contribution is 5.79. The third kappa shape index (κ3) is 4.33. The summed E-state index contributed by atoms with van der Waals surface area (Å²) in [6, 6.07) is 19.9. The minimum Gasteiger partial charge on any atom is -0.481 e. The molecule has 0 unspecified atom stereocenters. The molecule has 0 fully saturated rings. The number of benzene rings is 2. The molecule has 1 aromatic heterocycles. The molecule has 3 nitrogen and oxygen atoms in total. The van der Waals surface area contributed by atoms with Crippen LogP contribution in [0.1, 0.15) is 18.2 Å². The summed E-state index contributed by atoms with van der Waals surface area (Å²) in [6.45, 7) is 2.32. The van der Waals surface area contributed by atoms with E-state index in [-0.39, 0.29) is 6.61 Å². The number of allylic oxidation sites excluding steroid dienone is 1. The Kier molecular flexibility index (Phi) is 5.23. The van der Waals surface area contributed by atoms with Crippen LogP contribution in [0.15, 0.2) is 67.0 Å². The molecule has 0 aliphatic heterocycles. The fraction of sp³-hybridized carbons (Fsp3) is 0.0909. The van der Waals surface area contributed by atoms with Gasteiger partial charge in [0, 0.05) is 5.56 Å². The third-order valence-electron chi connectivity index (χ3n) is 3.73. The van der Waals surface area contributed by atoms with E-state index in [0.717, 1.165) is 33.8 Å². The standard InChI is InChI=1S/C22H18N2O/c1-3-13-25-20-11-9-19(10-12-20)22-15-21(23-16-24-22)17(2)14-18-7-5-4-6-8-18/h1,4-12,14-16H,13H2,2H3/b17-14-. The van der Waals surface area contributed by atoms with Gasteiger partial charge in [-0.1, -0.05) is 36.3 Å². The van der Waals surface area contributed by atoms with E-state index in [1.165, 1.54) is 0 Å². The largest absolute Gasteiger partial charge is 0.481 e. The molecule has 0 bridgehead atoms. The van der Waals surface area contributed by atoms with Crippen LogP contribution < -0.4 is 4.74 Å². The zero-order chi connectivity index (χ0) is 17.5. The lowest BCUT2D eigenvalue weighted by Gasteiger charge is -2.06. The summed E-state index contributed by atoms with van der Waals surface area (Å²) < 4.78 is 5.40. The van der Waals surface area contributed by atoms with Crippen molar-refractivity contribution in [3.63, 3.8) is 0 Å². The van der Waals surface area contributed by atoms with Crippen LogP contribution in [0.4, 0.5) is 0 Å². The predicted molar refractivity (Wildman–Crippen MR) is 102 cm³/mol. The molecule has 0 saturated heterocycles. The van der Waals surface area contributed by atoms with E-state index >= 15 is 0 Å². The normalized spacial score (nSPS) is 11.0. The van der Waals surface area contributed by atoms with Crippen molar-refractivity contribution in [1.29, 1.82) is 0 Å². The number of hydrogen-bond acceptors (Lipinski definition) is 3. The van der Waals surface area contributed by atoms with Crippen molar-refractivity contribution < 1.29 is 4.74 Å².